The van der Waals surface area contributed by atoms with E-state index in [4.69, 9.17) is 10.8 Å². The molecule has 0 atom stereocenters. The molecule has 0 heterocycles. The van der Waals surface area contributed by atoms with Gasteiger partial charge in [0.05, 0.1) is 6.04 Å². The van der Waals surface area contributed by atoms with Crippen molar-refractivity contribution in [3.63, 3.8) is 0 Å². The molecular weight excluding hydrogens is 186 g/mol. The van der Waals surface area contributed by atoms with E-state index in [0.717, 1.165) is 5.84 Å². The maximum Gasteiger partial charge on any atom is 0.114 e. The first-order valence-electron chi connectivity index (χ1n) is 6.44. The third-order valence-corrected chi connectivity index (χ3v) is 3.79. The van der Waals surface area contributed by atoms with Crippen molar-refractivity contribution in [2.45, 2.75) is 63.8 Å². The summed E-state index contributed by atoms with van der Waals surface area (Å²) in [4.78, 5) is 4.82. The molecule has 0 aromatic carbocycles. The van der Waals surface area contributed by atoms with Gasteiger partial charge >= 0.3 is 0 Å². The van der Waals surface area contributed by atoms with Crippen LogP contribution in [-0.4, -0.2) is 11.9 Å². The summed E-state index contributed by atoms with van der Waals surface area (Å²) in [5.74, 6) is 7.29. The lowest BCUT2D eigenvalue weighted by atomic mass is 9.95. The zero-order valence-corrected chi connectivity index (χ0v) is 9.54. The Morgan fingerprint density at radius 3 is 2.13 bits per heavy atom. The Hall–Kier alpha value is -0.570. The molecule has 0 spiro atoms. The van der Waals surface area contributed by atoms with Gasteiger partial charge in [-0.05, 0) is 25.7 Å². The minimum Gasteiger partial charge on any atom is -0.312 e. The summed E-state index contributed by atoms with van der Waals surface area (Å²) in [6.07, 6.45) is 11.8. The second kappa shape index (κ2) is 5.50. The van der Waals surface area contributed by atoms with E-state index in [1.54, 1.807) is 0 Å². The molecule has 0 amide bonds. The van der Waals surface area contributed by atoms with Crippen LogP contribution >= 0.6 is 0 Å². The molecule has 86 valence electrons. The molecule has 0 radical (unpaired) electrons. The van der Waals surface area contributed by atoms with Crippen LogP contribution in [-0.2, 0) is 0 Å². The van der Waals surface area contributed by atoms with Gasteiger partial charge in [0.15, 0.2) is 0 Å². The number of rotatable bonds is 2. The van der Waals surface area contributed by atoms with Crippen LogP contribution < -0.4 is 11.3 Å². The van der Waals surface area contributed by atoms with Crippen molar-refractivity contribution in [3.8, 4) is 0 Å². The average Bonchev–Trinajstić information content (AvgIpc) is 2.81. The largest absolute Gasteiger partial charge is 0.312 e. The van der Waals surface area contributed by atoms with Gasteiger partial charge in [-0.3, -0.25) is 4.99 Å². The second-order valence-corrected chi connectivity index (χ2v) is 4.93. The van der Waals surface area contributed by atoms with Crippen molar-refractivity contribution in [2.75, 3.05) is 0 Å². The van der Waals surface area contributed by atoms with Gasteiger partial charge in [0, 0.05) is 5.92 Å². The van der Waals surface area contributed by atoms with E-state index in [-0.39, 0.29) is 0 Å². The van der Waals surface area contributed by atoms with Crippen LogP contribution in [0.3, 0.4) is 0 Å². The van der Waals surface area contributed by atoms with Crippen molar-refractivity contribution in [1.29, 1.82) is 0 Å². The quantitative estimate of drug-likeness (QED) is 0.317. The Morgan fingerprint density at radius 2 is 1.53 bits per heavy atom. The highest BCUT2D eigenvalue weighted by Crippen LogP contribution is 2.27. The van der Waals surface area contributed by atoms with Crippen LogP contribution in [0.1, 0.15) is 57.8 Å². The molecule has 2 aliphatic rings. The highest BCUT2D eigenvalue weighted by Gasteiger charge is 2.22. The summed E-state index contributed by atoms with van der Waals surface area (Å²) in [5.41, 5.74) is 2.84. The summed E-state index contributed by atoms with van der Waals surface area (Å²) in [6.45, 7) is 0. The number of nitrogens with two attached hydrogens (primary N) is 1. The van der Waals surface area contributed by atoms with Crippen LogP contribution in [0.25, 0.3) is 0 Å². The summed E-state index contributed by atoms with van der Waals surface area (Å²) >= 11 is 0. The molecule has 2 fully saturated rings. The Kier molecular flexibility index (Phi) is 4.01. The van der Waals surface area contributed by atoms with Gasteiger partial charge < -0.3 is 5.43 Å². The molecule has 3 N–H and O–H groups in total. The zero-order chi connectivity index (χ0) is 10.5. The van der Waals surface area contributed by atoms with Gasteiger partial charge in [0.25, 0.3) is 0 Å². The fourth-order valence-corrected chi connectivity index (χ4v) is 2.87. The topological polar surface area (TPSA) is 50.4 Å². The Labute approximate surface area is 92.5 Å². The Morgan fingerprint density at radius 1 is 0.933 bits per heavy atom. The van der Waals surface area contributed by atoms with Gasteiger partial charge in [-0.15, -0.1) is 0 Å². The molecule has 0 aromatic heterocycles. The summed E-state index contributed by atoms with van der Waals surface area (Å²) in [5, 5.41) is 0. The van der Waals surface area contributed by atoms with Crippen LogP contribution in [0.5, 0.6) is 0 Å². The summed E-state index contributed by atoms with van der Waals surface area (Å²) in [6, 6.07) is 0.547. The molecule has 0 saturated heterocycles. The fourth-order valence-electron chi connectivity index (χ4n) is 2.87. The lowest BCUT2D eigenvalue weighted by molar-refractivity contribution is 0.439. The van der Waals surface area contributed by atoms with E-state index in [9.17, 15) is 0 Å². The van der Waals surface area contributed by atoms with E-state index >= 15 is 0 Å². The van der Waals surface area contributed by atoms with Crippen molar-refractivity contribution in [1.82, 2.24) is 5.43 Å². The molecule has 0 unspecified atom stereocenters. The maximum atomic E-state index is 5.59. The van der Waals surface area contributed by atoms with Crippen LogP contribution in [0.2, 0.25) is 0 Å². The van der Waals surface area contributed by atoms with Crippen molar-refractivity contribution in [3.05, 3.63) is 0 Å². The van der Waals surface area contributed by atoms with Gasteiger partial charge in [0.1, 0.15) is 5.84 Å². The first-order valence-corrected chi connectivity index (χ1v) is 6.44. The normalized spacial score (nSPS) is 25.8. The molecule has 15 heavy (non-hydrogen) atoms. The highest BCUT2D eigenvalue weighted by atomic mass is 15.3. The zero-order valence-electron chi connectivity index (χ0n) is 9.54. The molecule has 3 heteroatoms. The number of aliphatic imine (C=N–C) groups is 1. The molecule has 0 aliphatic heterocycles. The number of hydrogen-bond acceptors (Lipinski definition) is 2. The monoisotopic (exact) mass is 209 g/mol. The van der Waals surface area contributed by atoms with Crippen LogP contribution in [0, 0.1) is 5.92 Å². The Bertz CT molecular complexity index is 213. The first-order chi connectivity index (χ1) is 7.40. The third-order valence-electron chi connectivity index (χ3n) is 3.79. The third kappa shape index (κ3) is 2.94. The number of amidine groups is 1. The molecular formula is C12H23N3. The van der Waals surface area contributed by atoms with Crippen molar-refractivity contribution < 1.29 is 0 Å². The van der Waals surface area contributed by atoms with Gasteiger partial charge in [-0.1, -0.05) is 32.1 Å². The number of nitrogens with one attached hydrogen (secondary N) is 1. The molecule has 3 nitrogen and oxygen atoms in total. The molecule has 0 bridgehead atoms. The van der Waals surface area contributed by atoms with E-state index in [0.29, 0.717) is 12.0 Å². The van der Waals surface area contributed by atoms with E-state index in [1.807, 2.05) is 0 Å². The van der Waals surface area contributed by atoms with E-state index < -0.39 is 0 Å². The standard InChI is InChI=1S/C12H23N3/c13-15-12(10-6-4-5-7-10)14-11-8-2-1-3-9-11/h10-11H,1-9,13H2,(H,14,15). The predicted octanol–water partition coefficient (Wildman–Crippen LogP) is 2.37. The van der Waals surface area contributed by atoms with Crippen molar-refractivity contribution >= 4 is 5.84 Å². The molecule has 2 rings (SSSR count). The van der Waals surface area contributed by atoms with E-state index in [1.165, 1.54) is 57.8 Å². The second-order valence-electron chi connectivity index (χ2n) is 4.93. The summed E-state index contributed by atoms with van der Waals surface area (Å²) < 4.78 is 0. The van der Waals surface area contributed by atoms with Gasteiger partial charge in [-0.25, -0.2) is 5.84 Å². The molecule has 2 saturated carbocycles. The number of nitrogens with zero attached hydrogens (tertiary/aromatic N) is 1. The van der Waals surface area contributed by atoms with E-state index in [2.05, 4.69) is 5.43 Å². The minimum atomic E-state index is 0.547. The predicted molar refractivity (Wildman–Crippen MR) is 63.6 cm³/mol. The minimum absolute atomic E-state index is 0.547. The maximum absolute atomic E-state index is 5.59. The Balaban J connectivity index is 1.93. The van der Waals surface area contributed by atoms with Crippen LogP contribution in [0.15, 0.2) is 4.99 Å². The number of hydrazine groups is 1. The lowest BCUT2D eigenvalue weighted by Crippen LogP contribution is -2.36. The van der Waals surface area contributed by atoms with Gasteiger partial charge in [0.2, 0.25) is 0 Å². The highest BCUT2D eigenvalue weighted by molar-refractivity contribution is 5.84. The first kappa shape index (κ1) is 10.9. The van der Waals surface area contributed by atoms with Crippen molar-refractivity contribution in [2.24, 2.45) is 16.8 Å². The fraction of sp³-hybridized carbons (Fsp3) is 0.917. The molecule has 2 aliphatic carbocycles. The summed E-state index contributed by atoms with van der Waals surface area (Å²) in [7, 11) is 0. The average molecular weight is 209 g/mol. The smallest absolute Gasteiger partial charge is 0.114 e. The van der Waals surface area contributed by atoms with Crippen LogP contribution in [0.4, 0.5) is 0 Å². The lowest BCUT2D eigenvalue weighted by Gasteiger charge is -2.21. The number of hydrogen-bond donors (Lipinski definition) is 2. The molecule has 0 aromatic rings. The van der Waals surface area contributed by atoms with Gasteiger partial charge in [-0.2, -0.15) is 0 Å². The SMILES string of the molecule is NNC(=NC1CCCCC1)C1CCCC1.